The van der Waals surface area contributed by atoms with Crippen molar-refractivity contribution >= 4 is 0 Å². The highest BCUT2D eigenvalue weighted by Crippen LogP contribution is 1.94. The minimum Gasteiger partial charge on any atom is -0.304 e. The van der Waals surface area contributed by atoms with Crippen LogP contribution in [0.15, 0.2) is 0 Å². The van der Waals surface area contributed by atoms with Gasteiger partial charge in [0.15, 0.2) is 5.03 Å². The van der Waals surface area contributed by atoms with Gasteiger partial charge >= 0.3 is 0 Å². The number of likely N-dealkylation sites (N-methyl/N-ethyl adjacent to an activating group) is 1. The van der Waals surface area contributed by atoms with Crippen molar-refractivity contribution in [3.8, 4) is 0 Å². The zero-order valence-corrected chi connectivity index (χ0v) is 6.49. The van der Waals surface area contributed by atoms with Gasteiger partial charge in [0.25, 0.3) is 0 Å². The van der Waals surface area contributed by atoms with Gasteiger partial charge in [0, 0.05) is 26.2 Å². The Kier molecular flexibility index (Phi) is 2.61. The van der Waals surface area contributed by atoms with Crippen molar-refractivity contribution in [3.05, 3.63) is 10.1 Å². The Labute approximate surface area is 64.9 Å². The third-order valence-electron chi connectivity index (χ3n) is 1.73. The summed E-state index contributed by atoms with van der Waals surface area (Å²) in [5, 5.41) is 11.1. The topological polar surface area (TPSA) is 61.6 Å². The standard InChI is InChI=1S/C5H12N4O2/c1-7-2-4-8(5-3-7)6-9(10)11/h6H,2-5H2,1H3. The van der Waals surface area contributed by atoms with Crippen molar-refractivity contribution in [3.63, 3.8) is 0 Å². The number of nitro groups is 1. The first-order valence-corrected chi connectivity index (χ1v) is 3.52. The number of hydrogen-bond donors (Lipinski definition) is 1. The van der Waals surface area contributed by atoms with Gasteiger partial charge < -0.3 is 4.90 Å². The Balaban J connectivity index is 2.22. The smallest absolute Gasteiger partial charge is 0.173 e. The van der Waals surface area contributed by atoms with Crippen molar-refractivity contribution in [2.45, 2.75) is 0 Å². The molecule has 0 saturated carbocycles. The minimum absolute atomic E-state index is 0.522. The Hall–Kier alpha value is -0.880. The lowest BCUT2D eigenvalue weighted by Crippen LogP contribution is -2.52. The number of piperazine rings is 1. The van der Waals surface area contributed by atoms with Crippen LogP contribution in [0.25, 0.3) is 0 Å². The first-order chi connectivity index (χ1) is 5.18. The van der Waals surface area contributed by atoms with Crippen LogP contribution in [0.3, 0.4) is 0 Å². The van der Waals surface area contributed by atoms with Crippen molar-refractivity contribution < 1.29 is 5.03 Å². The van der Waals surface area contributed by atoms with Crippen LogP contribution in [0.5, 0.6) is 0 Å². The van der Waals surface area contributed by atoms with E-state index in [1.165, 1.54) is 0 Å². The maximum atomic E-state index is 9.99. The third-order valence-corrected chi connectivity index (χ3v) is 1.73. The highest BCUT2D eigenvalue weighted by atomic mass is 16.7. The molecule has 64 valence electrons. The molecular weight excluding hydrogens is 148 g/mol. The predicted molar refractivity (Wildman–Crippen MR) is 39.2 cm³/mol. The maximum absolute atomic E-state index is 9.99. The van der Waals surface area contributed by atoms with Gasteiger partial charge in [-0.1, -0.05) is 5.53 Å². The number of hydrogen-bond acceptors (Lipinski definition) is 4. The lowest BCUT2D eigenvalue weighted by atomic mass is 10.4. The summed E-state index contributed by atoms with van der Waals surface area (Å²) in [7, 11) is 2.00. The summed E-state index contributed by atoms with van der Waals surface area (Å²) in [5.41, 5.74) is 2.13. The first-order valence-electron chi connectivity index (χ1n) is 3.52. The van der Waals surface area contributed by atoms with Crippen LogP contribution in [0.4, 0.5) is 0 Å². The van der Waals surface area contributed by atoms with E-state index in [-0.39, 0.29) is 0 Å². The average Bonchev–Trinajstić information content (AvgIpc) is 1.93. The van der Waals surface area contributed by atoms with E-state index in [2.05, 4.69) is 10.4 Å². The molecule has 0 aromatic rings. The lowest BCUT2D eigenvalue weighted by Gasteiger charge is -2.28. The molecule has 0 bridgehead atoms. The van der Waals surface area contributed by atoms with Gasteiger partial charge in [-0.15, -0.1) is 0 Å². The second-order valence-corrected chi connectivity index (χ2v) is 2.65. The molecule has 1 fully saturated rings. The normalized spacial score (nSPS) is 21.5. The van der Waals surface area contributed by atoms with E-state index in [0.29, 0.717) is 13.1 Å². The van der Waals surface area contributed by atoms with Gasteiger partial charge in [-0.25, -0.2) is 10.1 Å². The molecule has 1 saturated heterocycles. The SMILES string of the molecule is CN1CCN(N[N+](=O)[O-])CC1. The molecule has 0 spiro atoms. The number of nitrogens with one attached hydrogen (secondary N) is 1. The Bertz CT molecular complexity index is 143. The molecule has 0 unspecified atom stereocenters. The molecule has 1 heterocycles. The fourth-order valence-electron chi connectivity index (χ4n) is 1.02. The summed E-state index contributed by atoms with van der Waals surface area (Å²) in [4.78, 5) is 12.1. The van der Waals surface area contributed by atoms with Gasteiger partial charge in [-0.3, -0.25) is 0 Å². The highest BCUT2D eigenvalue weighted by molar-refractivity contribution is 4.63. The van der Waals surface area contributed by atoms with Crippen molar-refractivity contribution in [1.29, 1.82) is 0 Å². The quantitative estimate of drug-likeness (QED) is 0.411. The molecule has 6 heteroatoms. The molecule has 1 aliphatic rings. The lowest BCUT2D eigenvalue weighted by molar-refractivity contribution is -0.579. The number of rotatable bonds is 2. The van der Waals surface area contributed by atoms with Gasteiger partial charge in [0.2, 0.25) is 0 Å². The molecule has 0 aliphatic carbocycles. The molecule has 1 rings (SSSR count). The summed E-state index contributed by atoms with van der Waals surface area (Å²) in [5.74, 6) is 0. The van der Waals surface area contributed by atoms with E-state index in [9.17, 15) is 10.1 Å². The molecule has 1 aliphatic heterocycles. The summed E-state index contributed by atoms with van der Waals surface area (Å²) in [6.07, 6.45) is 0. The fraction of sp³-hybridized carbons (Fsp3) is 1.00. The van der Waals surface area contributed by atoms with Crippen LogP contribution < -0.4 is 5.53 Å². The maximum Gasteiger partial charge on any atom is 0.173 e. The van der Waals surface area contributed by atoms with Crippen LogP contribution >= 0.6 is 0 Å². The van der Waals surface area contributed by atoms with Crippen LogP contribution in [0, 0.1) is 10.1 Å². The minimum atomic E-state index is -0.522. The molecule has 0 aromatic heterocycles. The Morgan fingerprint density at radius 1 is 1.36 bits per heavy atom. The van der Waals surface area contributed by atoms with Crippen molar-refractivity contribution in [2.75, 3.05) is 33.2 Å². The van der Waals surface area contributed by atoms with Gasteiger partial charge in [-0.2, -0.15) is 5.01 Å². The second-order valence-electron chi connectivity index (χ2n) is 2.65. The van der Waals surface area contributed by atoms with Crippen LogP contribution in [-0.2, 0) is 0 Å². The number of nitrogens with zero attached hydrogens (tertiary/aromatic N) is 3. The molecule has 1 N–H and O–H groups in total. The summed E-state index contributed by atoms with van der Waals surface area (Å²) >= 11 is 0. The fourth-order valence-corrected chi connectivity index (χ4v) is 1.02. The van der Waals surface area contributed by atoms with E-state index in [4.69, 9.17) is 0 Å². The van der Waals surface area contributed by atoms with Crippen molar-refractivity contribution in [2.24, 2.45) is 0 Å². The average molecular weight is 160 g/mol. The van der Waals surface area contributed by atoms with E-state index in [1.54, 1.807) is 5.01 Å². The third kappa shape index (κ3) is 2.69. The zero-order chi connectivity index (χ0) is 8.27. The van der Waals surface area contributed by atoms with E-state index in [0.717, 1.165) is 13.1 Å². The van der Waals surface area contributed by atoms with Crippen LogP contribution in [0.1, 0.15) is 0 Å². The van der Waals surface area contributed by atoms with Gasteiger partial charge in [-0.05, 0) is 7.05 Å². The van der Waals surface area contributed by atoms with Crippen molar-refractivity contribution in [1.82, 2.24) is 15.4 Å². The molecule has 11 heavy (non-hydrogen) atoms. The zero-order valence-electron chi connectivity index (χ0n) is 6.49. The van der Waals surface area contributed by atoms with Crippen LogP contribution in [-0.4, -0.2) is 48.2 Å². The molecule has 0 aromatic carbocycles. The van der Waals surface area contributed by atoms with Crippen LogP contribution in [0.2, 0.25) is 0 Å². The van der Waals surface area contributed by atoms with E-state index >= 15 is 0 Å². The summed E-state index contributed by atoms with van der Waals surface area (Å²) in [6.45, 7) is 3.16. The second kappa shape index (κ2) is 3.49. The van der Waals surface area contributed by atoms with Gasteiger partial charge in [0.05, 0.1) is 0 Å². The molecule has 0 atom stereocenters. The number of hydrazine groups is 2. The Morgan fingerprint density at radius 3 is 2.36 bits per heavy atom. The van der Waals surface area contributed by atoms with E-state index in [1.807, 2.05) is 7.05 Å². The van der Waals surface area contributed by atoms with Gasteiger partial charge in [0.1, 0.15) is 0 Å². The predicted octanol–water partition coefficient (Wildman–Crippen LogP) is -1.07. The monoisotopic (exact) mass is 160 g/mol. The van der Waals surface area contributed by atoms with E-state index < -0.39 is 5.03 Å². The summed E-state index contributed by atoms with van der Waals surface area (Å²) < 4.78 is 0. The molecule has 6 nitrogen and oxygen atoms in total. The molecular formula is C5H12N4O2. The Morgan fingerprint density at radius 2 is 1.91 bits per heavy atom. The summed E-state index contributed by atoms with van der Waals surface area (Å²) in [6, 6.07) is 0. The highest BCUT2D eigenvalue weighted by Gasteiger charge is 2.15. The molecule has 0 radical (unpaired) electrons. The first kappa shape index (κ1) is 8.22. The largest absolute Gasteiger partial charge is 0.304 e. The molecule has 0 amide bonds.